The Bertz CT molecular complexity index is 550. The highest BCUT2D eigenvalue weighted by molar-refractivity contribution is 5.60. The number of hydrogen-bond donors (Lipinski definition) is 1. The van der Waals surface area contributed by atoms with Crippen LogP contribution in [0.15, 0.2) is 36.8 Å². The summed E-state index contributed by atoms with van der Waals surface area (Å²) in [6, 6.07) is 4.90. The van der Waals surface area contributed by atoms with Crippen molar-refractivity contribution in [3.8, 4) is 17.0 Å². The normalized spacial score (nSPS) is 12.5. The summed E-state index contributed by atoms with van der Waals surface area (Å²) in [4.78, 5) is 6.41. The van der Waals surface area contributed by atoms with Crippen molar-refractivity contribution in [3.63, 3.8) is 0 Å². The second-order valence-electron chi connectivity index (χ2n) is 3.61. The Morgan fingerprint density at radius 2 is 1.84 bits per heavy atom. The van der Waals surface area contributed by atoms with Gasteiger partial charge in [-0.1, -0.05) is 12.1 Å². The highest BCUT2D eigenvalue weighted by Gasteiger charge is 2.61. The third kappa shape index (κ3) is 2.83. The van der Waals surface area contributed by atoms with Crippen LogP contribution in [0.5, 0.6) is 5.75 Å². The second-order valence-corrected chi connectivity index (χ2v) is 3.61. The van der Waals surface area contributed by atoms with Gasteiger partial charge >= 0.3 is 12.3 Å². The molecule has 19 heavy (non-hydrogen) atoms. The average molecular weight is 278 g/mol. The molecule has 102 valence electrons. The summed E-state index contributed by atoms with van der Waals surface area (Å²) in [5, 5.41) is 0. The molecule has 0 amide bonds. The predicted molar refractivity (Wildman–Crippen MR) is 55.7 cm³/mol. The number of nitrogens with one attached hydrogen (secondary N) is 1. The molecule has 0 bridgehead atoms. The fraction of sp³-hybridized carbons (Fsp3) is 0.182. The molecule has 0 unspecified atom stereocenters. The molecule has 8 heteroatoms. The van der Waals surface area contributed by atoms with E-state index in [1.54, 1.807) is 0 Å². The molecule has 0 radical (unpaired) electrons. The van der Waals surface area contributed by atoms with Crippen molar-refractivity contribution in [2.75, 3.05) is 0 Å². The molecule has 0 aliphatic heterocycles. The minimum absolute atomic E-state index is 0.382. The zero-order valence-electron chi connectivity index (χ0n) is 9.21. The zero-order chi connectivity index (χ0) is 14.1. The lowest BCUT2D eigenvalue weighted by atomic mass is 10.1. The van der Waals surface area contributed by atoms with Gasteiger partial charge in [0, 0.05) is 5.56 Å². The Balaban J connectivity index is 2.26. The molecule has 1 heterocycles. The summed E-state index contributed by atoms with van der Waals surface area (Å²) in [6.07, 6.45) is -8.25. The van der Waals surface area contributed by atoms with Gasteiger partial charge in [0.15, 0.2) is 0 Å². The third-order valence-corrected chi connectivity index (χ3v) is 2.22. The average Bonchev–Trinajstić information content (AvgIpc) is 2.80. The number of aromatic nitrogens is 2. The van der Waals surface area contributed by atoms with Crippen LogP contribution in [0.4, 0.5) is 22.0 Å². The van der Waals surface area contributed by atoms with Gasteiger partial charge in [-0.25, -0.2) is 4.98 Å². The van der Waals surface area contributed by atoms with Gasteiger partial charge < -0.3 is 9.72 Å². The van der Waals surface area contributed by atoms with Crippen molar-refractivity contribution in [2.24, 2.45) is 0 Å². The first-order chi connectivity index (χ1) is 8.79. The molecule has 2 rings (SSSR count). The van der Waals surface area contributed by atoms with Gasteiger partial charge in [0.25, 0.3) is 0 Å². The monoisotopic (exact) mass is 278 g/mol. The van der Waals surface area contributed by atoms with Gasteiger partial charge in [-0.3, -0.25) is 0 Å². The maximum atomic E-state index is 12.7. The van der Waals surface area contributed by atoms with E-state index in [1.807, 2.05) is 0 Å². The number of aromatic amines is 1. The molecular weight excluding hydrogens is 271 g/mol. The highest BCUT2D eigenvalue weighted by Crippen LogP contribution is 2.37. The SMILES string of the molecule is FC(F)(F)C(F)(F)Oc1cccc(-c2cnc[nH]2)c1. The van der Waals surface area contributed by atoms with Crippen molar-refractivity contribution < 1.29 is 26.7 Å². The number of hydrogen-bond acceptors (Lipinski definition) is 2. The minimum Gasteiger partial charge on any atom is -0.426 e. The van der Waals surface area contributed by atoms with Crippen LogP contribution in [0.1, 0.15) is 0 Å². The molecule has 0 saturated heterocycles. The lowest BCUT2D eigenvalue weighted by Crippen LogP contribution is -2.41. The Kier molecular flexibility index (Phi) is 3.17. The number of imidazole rings is 1. The van der Waals surface area contributed by atoms with E-state index in [-0.39, 0.29) is 0 Å². The first kappa shape index (κ1) is 13.3. The largest absolute Gasteiger partial charge is 0.499 e. The molecule has 0 aliphatic rings. The lowest BCUT2D eigenvalue weighted by Gasteiger charge is -2.20. The molecule has 0 saturated carbocycles. The van der Waals surface area contributed by atoms with E-state index >= 15 is 0 Å². The maximum absolute atomic E-state index is 12.7. The Morgan fingerprint density at radius 3 is 2.42 bits per heavy atom. The van der Waals surface area contributed by atoms with Crippen LogP contribution in [0.2, 0.25) is 0 Å². The van der Waals surface area contributed by atoms with Crippen molar-refractivity contribution >= 4 is 0 Å². The van der Waals surface area contributed by atoms with E-state index in [0.717, 1.165) is 12.1 Å². The van der Waals surface area contributed by atoms with E-state index < -0.39 is 18.0 Å². The summed E-state index contributed by atoms with van der Waals surface area (Å²) >= 11 is 0. The van der Waals surface area contributed by atoms with Crippen molar-refractivity contribution in [1.29, 1.82) is 0 Å². The van der Waals surface area contributed by atoms with Crippen molar-refractivity contribution in [1.82, 2.24) is 9.97 Å². The number of rotatable bonds is 3. The van der Waals surface area contributed by atoms with E-state index in [0.29, 0.717) is 11.3 Å². The summed E-state index contributed by atoms with van der Waals surface area (Å²) < 4.78 is 65.2. The highest BCUT2D eigenvalue weighted by atomic mass is 19.4. The number of alkyl halides is 5. The van der Waals surface area contributed by atoms with Crippen LogP contribution in [0.25, 0.3) is 11.3 Å². The topological polar surface area (TPSA) is 37.9 Å². The number of ether oxygens (including phenoxy) is 1. The van der Waals surface area contributed by atoms with Gasteiger partial charge in [0.05, 0.1) is 18.2 Å². The minimum atomic E-state index is -5.77. The van der Waals surface area contributed by atoms with E-state index in [9.17, 15) is 22.0 Å². The predicted octanol–water partition coefficient (Wildman–Crippen LogP) is 3.61. The standard InChI is InChI=1S/C11H7F5N2O/c12-10(13,14)11(15,16)19-8-3-1-2-7(4-8)9-5-17-6-18-9/h1-6H,(H,17,18). The molecule has 0 spiro atoms. The molecule has 0 fully saturated rings. The summed E-state index contributed by atoms with van der Waals surface area (Å²) in [5.41, 5.74) is 0.855. The number of halogens is 5. The van der Waals surface area contributed by atoms with Crippen molar-refractivity contribution in [3.05, 3.63) is 36.8 Å². The number of H-pyrrole nitrogens is 1. The van der Waals surface area contributed by atoms with Crippen LogP contribution in [0.3, 0.4) is 0 Å². The van der Waals surface area contributed by atoms with Gasteiger partial charge in [-0.05, 0) is 12.1 Å². The molecule has 1 aromatic heterocycles. The van der Waals surface area contributed by atoms with Crippen LogP contribution in [-0.4, -0.2) is 22.3 Å². The van der Waals surface area contributed by atoms with Gasteiger partial charge in [0.2, 0.25) is 0 Å². The van der Waals surface area contributed by atoms with Crippen LogP contribution in [0, 0.1) is 0 Å². The Labute approximate surface area is 104 Å². The number of nitrogens with zero attached hydrogens (tertiary/aromatic N) is 1. The lowest BCUT2D eigenvalue weighted by molar-refractivity contribution is -0.360. The molecule has 2 aromatic rings. The van der Waals surface area contributed by atoms with Crippen LogP contribution in [-0.2, 0) is 0 Å². The van der Waals surface area contributed by atoms with Crippen molar-refractivity contribution in [2.45, 2.75) is 12.3 Å². The molecular formula is C11H7F5N2O. The Morgan fingerprint density at radius 1 is 1.11 bits per heavy atom. The first-order valence-corrected chi connectivity index (χ1v) is 5.02. The second kappa shape index (κ2) is 4.52. The van der Waals surface area contributed by atoms with E-state index in [2.05, 4.69) is 14.7 Å². The van der Waals surface area contributed by atoms with Gasteiger partial charge in [-0.2, -0.15) is 22.0 Å². The van der Waals surface area contributed by atoms with E-state index in [4.69, 9.17) is 0 Å². The molecule has 0 aliphatic carbocycles. The maximum Gasteiger partial charge on any atom is 0.499 e. The fourth-order valence-corrected chi connectivity index (χ4v) is 1.35. The first-order valence-electron chi connectivity index (χ1n) is 5.02. The summed E-state index contributed by atoms with van der Waals surface area (Å²) in [5.74, 6) is -0.588. The Hall–Kier alpha value is -2.12. The number of benzene rings is 1. The van der Waals surface area contributed by atoms with Gasteiger partial charge in [0.1, 0.15) is 5.75 Å². The molecule has 1 N–H and O–H groups in total. The fourth-order valence-electron chi connectivity index (χ4n) is 1.35. The quantitative estimate of drug-likeness (QED) is 0.871. The van der Waals surface area contributed by atoms with Gasteiger partial charge in [-0.15, -0.1) is 0 Å². The smallest absolute Gasteiger partial charge is 0.426 e. The molecule has 1 aromatic carbocycles. The zero-order valence-corrected chi connectivity index (χ0v) is 9.21. The molecule has 3 nitrogen and oxygen atoms in total. The third-order valence-electron chi connectivity index (χ3n) is 2.22. The molecule has 0 atom stereocenters. The summed E-state index contributed by atoms with van der Waals surface area (Å²) in [6.45, 7) is 0. The van der Waals surface area contributed by atoms with Crippen LogP contribution < -0.4 is 4.74 Å². The van der Waals surface area contributed by atoms with E-state index in [1.165, 1.54) is 24.7 Å². The summed E-state index contributed by atoms with van der Waals surface area (Å²) in [7, 11) is 0. The van der Waals surface area contributed by atoms with Crippen LogP contribution >= 0.6 is 0 Å².